The lowest BCUT2D eigenvalue weighted by molar-refractivity contribution is 0.155. The fraction of sp³-hybridized carbons (Fsp3) is 0.615. The van der Waals surface area contributed by atoms with Gasteiger partial charge in [0.1, 0.15) is 10.7 Å². The van der Waals surface area contributed by atoms with Gasteiger partial charge < -0.3 is 10.4 Å². The second kappa shape index (κ2) is 6.51. The maximum Gasteiger partial charge on any atom is 0.244 e. The van der Waals surface area contributed by atoms with Gasteiger partial charge in [-0.25, -0.2) is 13.4 Å². The molecule has 1 fully saturated rings. The van der Waals surface area contributed by atoms with E-state index in [1.165, 1.54) is 10.5 Å². The molecule has 1 aromatic heterocycles. The SMILES string of the molecule is CCNc1ccc(S(=O)(=O)N2CCCCC2CO)cn1. The quantitative estimate of drug-likeness (QED) is 0.849. The van der Waals surface area contributed by atoms with Gasteiger partial charge in [-0.1, -0.05) is 6.42 Å². The zero-order valence-electron chi connectivity index (χ0n) is 11.6. The van der Waals surface area contributed by atoms with Gasteiger partial charge in [-0.2, -0.15) is 4.31 Å². The normalized spacial score (nSPS) is 20.8. The Kier molecular flexibility index (Phi) is 4.95. The average Bonchev–Trinajstić information content (AvgIpc) is 2.48. The highest BCUT2D eigenvalue weighted by atomic mass is 32.2. The third-order valence-corrected chi connectivity index (χ3v) is 5.42. The molecular formula is C13H21N3O3S. The fourth-order valence-electron chi connectivity index (χ4n) is 2.43. The second-order valence-electron chi connectivity index (χ2n) is 4.86. The lowest BCUT2D eigenvalue weighted by atomic mass is 10.1. The van der Waals surface area contributed by atoms with Gasteiger partial charge in [0, 0.05) is 25.3 Å². The highest BCUT2D eigenvalue weighted by Crippen LogP contribution is 2.25. The van der Waals surface area contributed by atoms with E-state index in [0.717, 1.165) is 19.4 Å². The summed E-state index contributed by atoms with van der Waals surface area (Å²) in [5, 5.41) is 12.4. The number of hydrogen-bond acceptors (Lipinski definition) is 5. The highest BCUT2D eigenvalue weighted by molar-refractivity contribution is 7.89. The summed E-state index contributed by atoms with van der Waals surface area (Å²) in [6.07, 6.45) is 3.86. The number of hydrogen-bond donors (Lipinski definition) is 2. The predicted molar refractivity (Wildman–Crippen MR) is 77.0 cm³/mol. The molecule has 6 nitrogen and oxygen atoms in total. The zero-order valence-corrected chi connectivity index (χ0v) is 12.4. The van der Waals surface area contributed by atoms with Gasteiger partial charge in [0.15, 0.2) is 0 Å². The molecule has 1 atom stereocenters. The monoisotopic (exact) mass is 299 g/mol. The molecule has 2 N–H and O–H groups in total. The van der Waals surface area contributed by atoms with Gasteiger partial charge in [-0.05, 0) is 31.9 Å². The topological polar surface area (TPSA) is 82.5 Å². The van der Waals surface area contributed by atoms with Crippen molar-refractivity contribution in [2.45, 2.75) is 37.1 Å². The van der Waals surface area contributed by atoms with Crippen molar-refractivity contribution in [2.75, 3.05) is 25.0 Å². The zero-order chi connectivity index (χ0) is 14.6. The van der Waals surface area contributed by atoms with E-state index in [1.54, 1.807) is 12.1 Å². The number of nitrogens with one attached hydrogen (secondary N) is 1. The smallest absolute Gasteiger partial charge is 0.244 e. The lowest BCUT2D eigenvalue weighted by Gasteiger charge is -2.33. The van der Waals surface area contributed by atoms with Crippen LogP contribution in [0.5, 0.6) is 0 Å². The molecule has 0 radical (unpaired) electrons. The number of pyridine rings is 1. The molecule has 2 rings (SSSR count). The Morgan fingerprint density at radius 1 is 1.45 bits per heavy atom. The molecule has 1 aromatic rings. The van der Waals surface area contributed by atoms with E-state index in [2.05, 4.69) is 10.3 Å². The first-order valence-corrected chi connectivity index (χ1v) is 8.36. The number of anilines is 1. The van der Waals surface area contributed by atoms with Crippen LogP contribution < -0.4 is 5.32 Å². The van der Waals surface area contributed by atoms with Gasteiger partial charge in [0.25, 0.3) is 0 Å². The molecule has 0 saturated carbocycles. The summed E-state index contributed by atoms with van der Waals surface area (Å²) in [5.41, 5.74) is 0. The van der Waals surface area contributed by atoms with Gasteiger partial charge in [-0.3, -0.25) is 0 Å². The van der Waals surface area contributed by atoms with Crippen LogP contribution in [0.15, 0.2) is 23.2 Å². The molecule has 7 heteroatoms. The predicted octanol–water partition coefficient (Wildman–Crippen LogP) is 1.05. The van der Waals surface area contributed by atoms with Gasteiger partial charge in [-0.15, -0.1) is 0 Å². The summed E-state index contributed by atoms with van der Waals surface area (Å²) >= 11 is 0. The van der Waals surface area contributed by atoms with Gasteiger partial charge >= 0.3 is 0 Å². The standard InChI is InChI=1S/C13H21N3O3S/c1-2-14-13-7-6-12(9-15-13)20(18,19)16-8-4-3-5-11(16)10-17/h6-7,9,11,17H,2-5,8,10H2,1H3,(H,14,15). The van der Waals surface area contributed by atoms with E-state index >= 15 is 0 Å². The molecular weight excluding hydrogens is 278 g/mol. The fourth-order valence-corrected chi connectivity index (χ4v) is 4.06. The maximum atomic E-state index is 12.6. The summed E-state index contributed by atoms with van der Waals surface area (Å²) in [6.45, 7) is 3.01. The second-order valence-corrected chi connectivity index (χ2v) is 6.75. The first-order valence-electron chi connectivity index (χ1n) is 6.92. The molecule has 2 heterocycles. The van der Waals surface area contributed by atoms with E-state index in [9.17, 15) is 13.5 Å². The molecule has 1 unspecified atom stereocenters. The number of aliphatic hydroxyl groups is 1. The highest BCUT2D eigenvalue weighted by Gasteiger charge is 2.33. The van der Waals surface area contributed by atoms with Crippen molar-refractivity contribution in [3.8, 4) is 0 Å². The van der Waals surface area contributed by atoms with Gasteiger partial charge in [0.05, 0.1) is 6.61 Å². The van der Waals surface area contributed by atoms with Crippen LogP contribution in [-0.4, -0.2) is 48.6 Å². The summed E-state index contributed by atoms with van der Waals surface area (Å²) in [5.74, 6) is 0.656. The number of aromatic nitrogens is 1. The maximum absolute atomic E-state index is 12.6. The minimum atomic E-state index is -3.57. The molecule has 1 saturated heterocycles. The minimum absolute atomic E-state index is 0.137. The van der Waals surface area contributed by atoms with Gasteiger partial charge in [0.2, 0.25) is 10.0 Å². The summed E-state index contributed by atoms with van der Waals surface area (Å²) in [7, 11) is -3.57. The molecule has 0 amide bonds. The molecule has 1 aliphatic rings. The van der Waals surface area contributed by atoms with Crippen LogP contribution in [0.1, 0.15) is 26.2 Å². The molecule has 0 spiro atoms. The Balaban J connectivity index is 2.24. The molecule has 20 heavy (non-hydrogen) atoms. The van der Waals surface area contributed by atoms with Crippen molar-refractivity contribution in [3.05, 3.63) is 18.3 Å². The molecule has 0 aliphatic carbocycles. The van der Waals surface area contributed by atoms with E-state index in [1.807, 2.05) is 6.92 Å². The average molecular weight is 299 g/mol. The number of rotatable bonds is 5. The third-order valence-electron chi connectivity index (χ3n) is 3.48. The number of piperidine rings is 1. The molecule has 0 bridgehead atoms. The van der Waals surface area contributed by atoms with Crippen LogP contribution in [0.4, 0.5) is 5.82 Å². The Hall–Kier alpha value is -1.18. The Labute approximate surface area is 119 Å². The van der Waals surface area contributed by atoms with Crippen LogP contribution in [0.25, 0.3) is 0 Å². The van der Waals surface area contributed by atoms with Crippen molar-refractivity contribution in [3.63, 3.8) is 0 Å². The summed E-state index contributed by atoms with van der Waals surface area (Å²) in [4.78, 5) is 4.28. The van der Waals surface area contributed by atoms with Crippen molar-refractivity contribution in [1.29, 1.82) is 0 Å². The molecule has 1 aliphatic heterocycles. The Morgan fingerprint density at radius 2 is 2.25 bits per heavy atom. The number of nitrogens with zero attached hydrogens (tertiary/aromatic N) is 2. The van der Waals surface area contributed by atoms with Crippen LogP contribution >= 0.6 is 0 Å². The molecule has 112 valence electrons. The molecule has 0 aromatic carbocycles. The lowest BCUT2D eigenvalue weighted by Crippen LogP contribution is -2.45. The van der Waals surface area contributed by atoms with Crippen LogP contribution in [-0.2, 0) is 10.0 Å². The van der Waals surface area contributed by atoms with Crippen LogP contribution in [0.2, 0.25) is 0 Å². The first-order chi connectivity index (χ1) is 9.59. The van der Waals surface area contributed by atoms with E-state index in [4.69, 9.17) is 0 Å². The van der Waals surface area contributed by atoms with Crippen molar-refractivity contribution >= 4 is 15.8 Å². The van der Waals surface area contributed by atoms with Crippen molar-refractivity contribution in [2.24, 2.45) is 0 Å². The third kappa shape index (κ3) is 3.11. The Bertz CT molecular complexity index is 530. The van der Waals surface area contributed by atoms with E-state index in [0.29, 0.717) is 18.8 Å². The van der Waals surface area contributed by atoms with Crippen LogP contribution in [0.3, 0.4) is 0 Å². The largest absolute Gasteiger partial charge is 0.395 e. The Morgan fingerprint density at radius 3 is 2.85 bits per heavy atom. The summed E-state index contributed by atoms with van der Waals surface area (Å²) < 4.78 is 26.6. The first kappa shape index (κ1) is 15.2. The minimum Gasteiger partial charge on any atom is -0.395 e. The van der Waals surface area contributed by atoms with E-state index < -0.39 is 10.0 Å². The van der Waals surface area contributed by atoms with Crippen molar-refractivity contribution in [1.82, 2.24) is 9.29 Å². The van der Waals surface area contributed by atoms with Crippen molar-refractivity contribution < 1.29 is 13.5 Å². The number of sulfonamides is 1. The van der Waals surface area contributed by atoms with Crippen LogP contribution in [0, 0.1) is 0 Å². The summed E-state index contributed by atoms with van der Waals surface area (Å²) in [6, 6.07) is 2.90. The van der Waals surface area contributed by atoms with E-state index in [-0.39, 0.29) is 17.5 Å². The number of aliphatic hydroxyl groups excluding tert-OH is 1.